The number of carbonyl (C=O) groups excluding carboxylic acids is 1. The summed E-state index contributed by atoms with van der Waals surface area (Å²) in [6.07, 6.45) is 2.09. The van der Waals surface area contributed by atoms with Crippen molar-refractivity contribution in [2.45, 2.75) is 72.3 Å². The maximum absolute atomic E-state index is 13.6. The number of para-hydroxylation sites is 1. The maximum atomic E-state index is 13.6. The maximum Gasteiger partial charge on any atom is 0.404 e. The van der Waals surface area contributed by atoms with Crippen molar-refractivity contribution in [3.05, 3.63) is 58.9 Å². The van der Waals surface area contributed by atoms with Gasteiger partial charge in [-0.3, -0.25) is 4.90 Å². The largest absolute Gasteiger partial charge is 0.465 e. The standard InChI is InChI=1S/C27H33N5O3/c1-17(2)10-11-30-24-12-18(3)20(14-28-26(33)34)13-22(24)29-25(30)16-32-23-7-5-4-6-19(23)15-31(27(32)35)21-8-9-21/h4-7,12-13,17,21,28H,8-11,14-16H2,1-3H3,(H,33,34). The number of nitrogens with one attached hydrogen (secondary N) is 1. The van der Waals surface area contributed by atoms with Gasteiger partial charge in [0.1, 0.15) is 5.82 Å². The van der Waals surface area contributed by atoms with Crippen LogP contribution in [0.3, 0.4) is 0 Å². The number of aromatic nitrogens is 2. The molecule has 1 aliphatic heterocycles. The van der Waals surface area contributed by atoms with Crippen LogP contribution in [0.4, 0.5) is 15.3 Å². The van der Waals surface area contributed by atoms with E-state index in [2.05, 4.69) is 35.9 Å². The Morgan fingerprint density at radius 3 is 2.71 bits per heavy atom. The number of carboxylic acid groups (broad SMARTS) is 1. The molecule has 0 spiro atoms. The first-order valence-electron chi connectivity index (χ1n) is 12.4. The van der Waals surface area contributed by atoms with Crippen LogP contribution in [0.15, 0.2) is 36.4 Å². The number of urea groups is 1. The Hall–Kier alpha value is -3.55. The average Bonchev–Trinajstić information content (AvgIpc) is 3.60. The molecule has 1 aliphatic carbocycles. The highest BCUT2D eigenvalue weighted by Crippen LogP contribution is 2.37. The minimum atomic E-state index is -1.05. The van der Waals surface area contributed by atoms with Crippen LogP contribution >= 0.6 is 0 Å². The van der Waals surface area contributed by atoms with E-state index in [1.165, 1.54) is 5.56 Å². The van der Waals surface area contributed by atoms with E-state index in [9.17, 15) is 9.59 Å². The third-order valence-electron chi connectivity index (χ3n) is 7.03. The fraction of sp³-hybridized carbons (Fsp3) is 0.444. The second-order valence-electron chi connectivity index (χ2n) is 10.1. The summed E-state index contributed by atoms with van der Waals surface area (Å²) in [4.78, 5) is 33.5. The van der Waals surface area contributed by atoms with Crippen LogP contribution in [-0.4, -0.2) is 37.7 Å². The minimum Gasteiger partial charge on any atom is -0.465 e. The Kier molecular flexibility index (Phi) is 6.13. The molecule has 2 aliphatic rings. The van der Waals surface area contributed by atoms with Gasteiger partial charge in [-0.2, -0.15) is 0 Å². The number of imidazole rings is 1. The Morgan fingerprint density at radius 1 is 1.23 bits per heavy atom. The van der Waals surface area contributed by atoms with Gasteiger partial charge in [-0.15, -0.1) is 0 Å². The molecule has 184 valence electrons. The Labute approximate surface area is 205 Å². The molecular weight excluding hydrogens is 442 g/mol. The molecule has 8 nitrogen and oxygen atoms in total. The number of hydrogen-bond donors (Lipinski definition) is 2. The van der Waals surface area contributed by atoms with Gasteiger partial charge >= 0.3 is 12.1 Å². The Balaban J connectivity index is 1.54. The number of carbonyl (C=O) groups is 2. The minimum absolute atomic E-state index is 0.0520. The van der Waals surface area contributed by atoms with E-state index in [4.69, 9.17) is 10.1 Å². The van der Waals surface area contributed by atoms with E-state index in [-0.39, 0.29) is 12.6 Å². The molecular formula is C27H33N5O3. The van der Waals surface area contributed by atoms with Crippen LogP contribution in [0.2, 0.25) is 0 Å². The monoisotopic (exact) mass is 475 g/mol. The molecule has 8 heteroatoms. The van der Waals surface area contributed by atoms with Gasteiger partial charge in [0.15, 0.2) is 0 Å². The van der Waals surface area contributed by atoms with Gasteiger partial charge in [-0.1, -0.05) is 32.0 Å². The number of aryl methyl sites for hydroxylation is 2. The lowest BCUT2D eigenvalue weighted by Gasteiger charge is -2.37. The summed E-state index contributed by atoms with van der Waals surface area (Å²) < 4.78 is 2.24. The topological polar surface area (TPSA) is 90.7 Å². The molecule has 5 rings (SSSR count). The fourth-order valence-electron chi connectivity index (χ4n) is 4.87. The van der Waals surface area contributed by atoms with Gasteiger partial charge in [0, 0.05) is 25.7 Å². The molecule has 1 fully saturated rings. The number of benzene rings is 2. The van der Waals surface area contributed by atoms with Gasteiger partial charge in [0.05, 0.1) is 23.3 Å². The molecule has 0 radical (unpaired) electrons. The first-order chi connectivity index (χ1) is 16.8. The van der Waals surface area contributed by atoms with Crippen LogP contribution in [0.25, 0.3) is 11.0 Å². The zero-order valence-electron chi connectivity index (χ0n) is 20.6. The van der Waals surface area contributed by atoms with E-state index < -0.39 is 6.09 Å². The lowest BCUT2D eigenvalue weighted by molar-refractivity contribution is 0.193. The van der Waals surface area contributed by atoms with E-state index in [1.807, 2.05) is 41.0 Å². The van der Waals surface area contributed by atoms with Crippen LogP contribution in [0.1, 0.15) is 55.6 Å². The summed E-state index contributed by atoms with van der Waals surface area (Å²) in [7, 11) is 0. The zero-order chi connectivity index (χ0) is 24.7. The van der Waals surface area contributed by atoms with Crippen LogP contribution in [0.5, 0.6) is 0 Å². The van der Waals surface area contributed by atoms with Crippen molar-refractivity contribution in [3.8, 4) is 0 Å². The van der Waals surface area contributed by atoms with E-state index in [1.54, 1.807) is 0 Å². The van der Waals surface area contributed by atoms with Crippen LogP contribution < -0.4 is 10.2 Å². The average molecular weight is 476 g/mol. The molecule has 0 saturated heterocycles. The van der Waals surface area contributed by atoms with Crippen LogP contribution in [0, 0.1) is 12.8 Å². The summed E-state index contributed by atoms with van der Waals surface area (Å²) in [6, 6.07) is 12.6. The van der Waals surface area contributed by atoms with Crippen molar-refractivity contribution < 1.29 is 14.7 Å². The summed E-state index contributed by atoms with van der Waals surface area (Å²) in [5, 5.41) is 11.5. The molecule has 3 amide bonds. The predicted molar refractivity (Wildman–Crippen MR) is 135 cm³/mol. The molecule has 0 bridgehead atoms. The second kappa shape index (κ2) is 9.24. The number of anilines is 1. The van der Waals surface area contributed by atoms with Crippen molar-refractivity contribution in [2.75, 3.05) is 4.90 Å². The highest BCUT2D eigenvalue weighted by atomic mass is 16.4. The molecule has 0 atom stereocenters. The Morgan fingerprint density at radius 2 is 2.00 bits per heavy atom. The smallest absolute Gasteiger partial charge is 0.404 e. The molecule has 1 aromatic heterocycles. The fourth-order valence-corrected chi connectivity index (χ4v) is 4.87. The molecule has 2 heterocycles. The summed E-state index contributed by atoms with van der Waals surface area (Å²) in [5.74, 6) is 1.38. The third kappa shape index (κ3) is 4.70. The zero-order valence-corrected chi connectivity index (χ0v) is 20.6. The molecule has 1 saturated carbocycles. The number of amides is 3. The van der Waals surface area contributed by atoms with E-state index in [0.29, 0.717) is 25.0 Å². The molecule has 0 unspecified atom stereocenters. The highest BCUT2D eigenvalue weighted by Gasteiger charge is 2.39. The lowest BCUT2D eigenvalue weighted by atomic mass is 10.1. The van der Waals surface area contributed by atoms with Crippen molar-refractivity contribution in [3.63, 3.8) is 0 Å². The van der Waals surface area contributed by atoms with E-state index >= 15 is 0 Å². The van der Waals surface area contributed by atoms with Gasteiger partial charge in [-0.25, -0.2) is 14.6 Å². The van der Waals surface area contributed by atoms with Crippen LogP contribution in [-0.2, 0) is 26.2 Å². The molecule has 2 N–H and O–H groups in total. The number of fused-ring (bicyclic) bond motifs is 2. The summed E-state index contributed by atoms with van der Waals surface area (Å²) in [5.41, 5.74) is 5.89. The quantitative estimate of drug-likeness (QED) is 0.465. The number of hydrogen-bond acceptors (Lipinski definition) is 3. The van der Waals surface area contributed by atoms with Crippen molar-refractivity contribution in [1.82, 2.24) is 19.8 Å². The van der Waals surface area contributed by atoms with Gasteiger partial charge in [0.2, 0.25) is 0 Å². The first kappa shape index (κ1) is 23.2. The SMILES string of the molecule is Cc1cc2c(cc1CNC(=O)O)nc(CN1C(=O)N(C3CC3)Cc3ccccc31)n2CCC(C)C. The first-order valence-corrected chi connectivity index (χ1v) is 12.4. The third-order valence-corrected chi connectivity index (χ3v) is 7.03. The second-order valence-corrected chi connectivity index (χ2v) is 10.1. The summed E-state index contributed by atoms with van der Waals surface area (Å²) >= 11 is 0. The molecule has 3 aromatic rings. The Bertz CT molecular complexity index is 1280. The molecule has 35 heavy (non-hydrogen) atoms. The number of rotatable bonds is 8. The predicted octanol–water partition coefficient (Wildman–Crippen LogP) is 5.26. The number of nitrogens with zero attached hydrogens (tertiary/aromatic N) is 4. The van der Waals surface area contributed by atoms with Crippen molar-refractivity contribution in [2.24, 2.45) is 5.92 Å². The normalized spacial score (nSPS) is 15.7. The summed E-state index contributed by atoms with van der Waals surface area (Å²) in [6.45, 7) is 8.52. The van der Waals surface area contributed by atoms with Gasteiger partial charge < -0.3 is 19.9 Å². The van der Waals surface area contributed by atoms with E-state index in [0.717, 1.165) is 59.5 Å². The highest BCUT2D eigenvalue weighted by molar-refractivity contribution is 5.95. The molecule has 2 aromatic carbocycles. The van der Waals surface area contributed by atoms with Crippen molar-refractivity contribution in [1.29, 1.82) is 0 Å². The van der Waals surface area contributed by atoms with Gasteiger partial charge in [-0.05, 0) is 67.0 Å². The lowest BCUT2D eigenvalue weighted by Crippen LogP contribution is -2.48. The van der Waals surface area contributed by atoms with Crippen molar-refractivity contribution >= 4 is 28.8 Å². The van der Waals surface area contributed by atoms with Gasteiger partial charge in [0.25, 0.3) is 0 Å².